The molecule has 0 radical (unpaired) electrons. The topological polar surface area (TPSA) is 53.9 Å². The minimum atomic E-state index is 0.788. The number of nitrogens with zero attached hydrogens (tertiary/aromatic N) is 4. The Bertz CT molecular complexity index is 346. The van der Waals surface area contributed by atoms with E-state index in [1.54, 1.807) is 0 Å². The van der Waals surface area contributed by atoms with Crippen LogP contribution in [-0.4, -0.2) is 41.4 Å². The third-order valence-electron chi connectivity index (χ3n) is 2.90. The van der Waals surface area contributed by atoms with Crippen molar-refractivity contribution in [2.24, 2.45) is 0 Å². The number of rotatable bonds is 3. The van der Waals surface area contributed by atoms with Gasteiger partial charge >= 0.3 is 0 Å². The zero-order valence-corrected chi connectivity index (χ0v) is 10.0. The molecule has 0 aromatic carbocycles. The van der Waals surface area contributed by atoms with Gasteiger partial charge in [-0.15, -0.1) is 5.10 Å². The van der Waals surface area contributed by atoms with Crippen LogP contribution in [0.15, 0.2) is 0 Å². The molecule has 1 aromatic rings. The predicted octanol–water partition coefficient (Wildman–Crippen LogP) is 0.406. The quantitative estimate of drug-likeness (QED) is 0.801. The molecule has 2 rings (SSSR count). The number of anilines is 1. The maximum atomic E-state index is 4.61. The van der Waals surface area contributed by atoms with Crippen LogP contribution in [0.1, 0.15) is 25.2 Å². The van der Waals surface area contributed by atoms with Gasteiger partial charge in [0.25, 0.3) is 0 Å². The van der Waals surface area contributed by atoms with Gasteiger partial charge in [0, 0.05) is 26.2 Å². The van der Waals surface area contributed by atoms with Gasteiger partial charge in [0.1, 0.15) is 0 Å². The molecule has 0 spiro atoms. The molecule has 1 aliphatic heterocycles. The van der Waals surface area contributed by atoms with Gasteiger partial charge in [0.15, 0.2) is 0 Å². The van der Waals surface area contributed by atoms with Crippen LogP contribution in [0.5, 0.6) is 0 Å². The Morgan fingerprint density at radius 1 is 1.06 bits per heavy atom. The van der Waals surface area contributed by atoms with Gasteiger partial charge in [-0.2, -0.15) is 5.10 Å². The van der Waals surface area contributed by atoms with Crippen molar-refractivity contribution >= 4 is 5.95 Å². The zero-order chi connectivity index (χ0) is 11.4. The van der Waals surface area contributed by atoms with Crippen molar-refractivity contribution < 1.29 is 0 Å². The van der Waals surface area contributed by atoms with Crippen LogP contribution in [0.2, 0.25) is 0 Å². The normalized spacial score (nSPS) is 16.5. The van der Waals surface area contributed by atoms with E-state index in [1.165, 1.54) is 0 Å². The summed E-state index contributed by atoms with van der Waals surface area (Å²) in [5.41, 5.74) is 2.12. The molecule has 1 N–H and O–H groups in total. The molecule has 5 nitrogen and oxygen atoms in total. The standard InChI is InChI=1S/C11H19N5/c1-3-9-10(4-2)14-15-11(13-9)16-7-5-12-6-8-16/h12H,3-8H2,1-2H3. The fraction of sp³-hybridized carbons (Fsp3) is 0.727. The van der Waals surface area contributed by atoms with E-state index in [-0.39, 0.29) is 0 Å². The van der Waals surface area contributed by atoms with Gasteiger partial charge in [-0.25, -0.2) is 4.98 Å². The van der Waals surface area contributed by atoms with Crippen molar-refractivity contribution in [3.63, 3.8) is 0 Å². The number of piperazine rings is 1. The predicted molar refractivity (Wildman–Crippen MR) is 63.7 cm³/mol. The number of aromatic nitrogens is 3. The molecule has 1 saturated heterocycles. The number of hydrogen-bond acceptors (Lipinski definition) is 5. The summed E-state index contributed by atoms with van der Waals surface area (Å²) in [6.45, 7) is 8.15. The molecular formula is C11H19N5. The van der Waals surface area contributed by atoms with Crippen molar-refractivity contribution in [1.29, 1.82) is 0 Å². The Labute approximate surface area is 96.3 Å². The molecule has 0 bridgehead atoms. The molecule has 16 heavy (non-hydrogen) atoms. The lowest BCUT2D eigenvalue weighted by Gasteiger charge is -2.27. The molecule has 5 heteroatoms. The lowest BCUT2D eigenvalue weighted by atomic mass is 10.2. The SMILES string of the molecule is CCc1nnc(N2CCNCC2)nc1CC. The van der Waals surface area contributed by atoms with Crippen LogP contribution in [0.3, 0.4) is 0 Å². The molecule has 0 unspecified atom stereocenters. The minimum Gasteiger partial charge on any atom is -0.337 e. The van der Waals surface area contributed by atoms with Crippen molar-refractivity contribution in [1.82, 2.24) is 20.5 Å². The molecular weight excluding hydrogens is 202 g/mol. The Kier molecular flexibility index (Phi) is 3.66. The summed E-state index contributed by atoms with van der Waals surface area (Å²) in [6.07, 6.45) is 1.84. The number of hydrogen-bond donors (Lipinski definition) is 1. The van der Waals surface area contributed by atoms with Gasteiger partial charge < -0.3 is 10.2 Å². The Morgan fingerprint density at radius 2 is 1.75 bits per heavy atom. The second-order valence-corrected chi connectivity index (χ2v) is 3.95. The fourth-order valence-corrected chi connectivity index (χ4v) is 1.93. The van der Waals surface area contributed by atoms with Crippen LogP contribution in [0, 0.1) is 0 Å². The van der Waals surface area contributed by atoms with E-state index in [9.17, 15) is 0 Å². The number of nitrogens with one attached hydrogen (secondary N) is 1. The Hall–Kier alpha value is -1.23. The maximum absolute atomic E-state index is 4.61. The highest BCUT2D eigenvalue weighted by Crippen LogP contribution is 2.11. The first-order chi connectivity index (χ1) is 7.85. The summed E-state index contributed by atoms with van der Waals surface area (Å²) in [4.78, 5) is 6.81. The van der Waals surface area contributed by atoms with E-state index in [0.717, 1.165) is 56.4 Å². The van der Waals surface area contributed by atoms with Gasteiger partial charge in [0.2, 0.25) is 5.95 Å². The van der Waals surface area contributed by atoms with Crippen LogP contribution < -0.4 is 10.2 Å². The van der Waals surface area contributed by atoms with Crippen molar-refractivity contribution in [3.05, 3.63) is 11.4 Å². The molecule has 1 aromatic heterocycles. The molecule has 0 atom stereocenters. The minimum absolute atomic E-state index is 0.788. The second-order valence-electron chi connectivity index (χ2n) is 3.95. The first-order valence-corrected chi connectivity index (χ1v) is 6.03. The summed E-state index contributed by atoms with van der Waals surface area (Å²) in [5, 5.41) is 11.8. The molecule has 88 valence electrons. The second kappa shape index (κ2) is 5.21. The van der Waals surface area contributed by atoms with Gasteiger partial charge in [-0.05, 0) is 12.8 Å². The van der Waals surface area contributed by atoms with E-state index in [4.69, 9.17) is 0 Å². The van der Waals surface area contributed by atoms with E-state index in [2.05, 4.69) is 39.2 Å². The largest absolute Gasteiger partial charge is 0.337 e. The van der Waals surface area contributed by atoms with Crippen LogP contribution in [0.4, 0.5) is 5.95 Å². The highest BCUT2D eigenvalue weighted by molar-refractivity contribution is 5.31. The molecule has 1 fully saturated rings. The maximum Gasteiger partial charge on any atom is 0.245 e. The van der Waals surface area contributed by atoms with Crippen LogP contribution in [-0.2, 0) is 12.8 Å². The number of aryl methyl sites for hydroxylation is 2. The van der Waals surface area contributed by atoms with E-state index >= 15 is 0 Å². The van der Waals surface area contributed by atoms with Crippen LogP contribution >= 0.6 is 0 Å². The first-order valence-electron chi connectivity index (χ1n) is 6.03. The zero-order valence-electron chi connectivity index (χ0n) is 10.0. The van der Waals surface area contributed by atoms with E-state index in [0.29, 0.717) is 0 Å². The van der Waals surface area contributed by atoms with Crippen molar-refractivity contribution in [2.45, 2.75) is 26.7 Å². The van der Waals surface area contributed by atoms with E-state index < -0.39 is 0 Å². The summed E-state index contributed by atoms with van der Waals surface area (Å²) in [6, 6.07) is 0. The Balaban J connectivity index is 2.20. The van der Waals surface area contributed by atoms with Gasteiger partial charge in [-0.1, -0.05) is 13.8 Å². The molecule has 2 heterocycles. The molecule has 0 aliphatic carbocycles. The van der Waals surface area contributed by atoms with Gasteiger partial charge in [-0.3, -0.25) is 0 Å². The van der Waals surface area contributed by atoms with E-state index in [1.807, 2.05) is 0 Å². The average Bonchev–Trinajstić information content (AvgIpc) is 2.39. The fourth-order valence-electron chi connectivity index (χ4n) is 1.93. The third-order valence-corrected chi connectivity index (χ3v) is 2.90. The highest BCUT2D eigenvalue weighted by Gasteiger charge is 2.15. The summed E-state index contributed by atoms with van der Waals surface area (Å²) < 4.78 is 0. The molecule has 0 saturated carbocycles. The summed E-state index contributed by atoms with van der Waals surface area (Å²) in [5.74, 6) is 0.788. The third kappa shape index (κ3) is 2.29. The summed E-state index contributed by atoms with van der Waals surface area (Å²) >= 11 is 0. The van der Waals surface area contributed by atoms with Crippen molar-refractivity contribution in [3.8, 4) is 0 Å². The Morgan fingerprint density at radius 3 is 2.38 bits per heavy atom. The molecule has 1 aliphatic rings. The highest BCUT2D eigenvalue weighted by atomic mass is 15.3. The van der Waals surface area contributed by atoms with Crippen molar-refractivity contribution in [2.75, 3.05) is 31.1 Å². The van der Waals surface area contributed by atoms with Crippen LogP contribution in [0.25, 0.3) is 0 Å². The average molecular weight is 221 g/mol. The van der Waals surface area contributed by atoms with Gasteiger partial charge in [0.05, 0.1) is 11.4 Å². The first kappa shape index (κ1) is 11.3. The monoisotopic (exact) mass is 221 g/mol. The lowest BCUT2D eigenvalue weighted by molar-refractivity contribution is 0.574. The molecule has 0 amide bonds. The lowest BCUT2D eigenvalue weighted by Crippen LogP contribution is -2.44. The summed E-state index contributed by atoms with van der Waals surface area (Å²) in [7, 11) is 0. The smallest absolute Gasteiger partial charge is 0.245 e.